The van der Waals surface area contributed by atoms with Crippen molar-refractivity contribution in [2.75, 3.05) is 5.32 Å². The Labute approximate surface area is 151 Å². The highest BCUT2D eigenvalue weighted by Crippen LogP contribution is 2.51. The summed E-state index contributed by atoms with van der Waals surface area (Å²) in [5.41, 5.74) is -1.58. The van der Waals surface area contributed by atoms with Gasteiger partial charge in [0.05, 0.1) is 4.92 Å². The Bertz CT molecular complexity index is 776. The number of carbonyl (C=O) groups excluding carboxylic acids is 1. The Morgan fingerprint density at radius 1 is 0.862 bits per heavy atom. The lowest BCUT2D eigenvalue weighted by molar-refractivity contribution is -0.472. The van der Waals surface area contributed by atoms with Crippen molar-refractivity contribution in [3.63, 3.8) is 0 Å². The summed E-state index contributed by atoms with van der Waals surface area (Å²) in [6.07, 6.45) is -21.2. The van der Waals surface area contributed by atoms with Crippen LogP contribution in [0.5, 0.6) is 0 Å². The number of non-ortho nitro benzene ring substituents is 1. The maximum Gasteiger partial charge on any atom is 0.462 e. The largest absolute Gasteiger partial charge is 0.462 e. The summed E-state index contributed by atoms with van der Waals surface area (Å²) < 4.78 is 142. The Hall–Kier alpha value is -2.72. The van der Waals surface area contributed by atoms with Gasteiger partial charge in [-0.1, -0.05) is 0 Å². The molecule has 1 aromatic rings. The van der Waals surface area contributed by atoms with E-state index in [0.29, 0.717) is 24.3 Å². The lowest BCUT2D eigenvalue weighted by Gasteiger charge is -2.34. The van der Waals surface area contributed by atoms with E-state index in [1.54, 1.807) is 0 Å². The van der Waals surface area contributed by atoms with Gasteiger partial charge in [-0.2, -0.15) is 48.3 Å². The summed E-state index contributed by atoms with van der Waals surface area (Å²) in [7, 11) is 0. The Balaban J connectivity index is 3.27. The Kier molecular flexibility index (Phi) is 6.10. The summed E-state index contributed by atoms with van der Waals surface area (Å²) in [5, 5.41) is 11.3. The zero-order valence-corrected chi connectivity index (χ0v) is 13.0. The first kappa shape index (κ1) is 24.3. The van der Waals surface area contributed by atoms with Crippen molar-refractivity contribution >= 4 is 17.3 Å². The van der Waals surface area contributed by atoms with Crippen LogP contribution in [0, 0.1) is 10.1 Å². The highest BCUT2D eigenvalue weighted by Gasteiger charge is 2.79. The molecular weight excluding hydrogens is 445 g/mol. The van der Waals surface area contributed by atoms with Crippen LogP contribution in [0.1, 0.15) is 0 Å². The SMILES string of the molecule is O=C(Nc1ccc([N+](=O)[O-])cc1)[C@@](F)(OC(F)(F)C(F)(F)C(F)(F)F)C(F)(F)F. The van der Waals surface area contributed by atoms with Crippen LogP contribution in [0.25, 0.3) is 0 Å². The number of anilines is 1. The second kappa shape index (κ2) is 7.27. The second-order valence-electron chi connectivity index (χ2n) is 5.04. The Morgan fingerprint density at radius 3 is 1.66 bits per heavy atom. The summed E-state index contributed by atoms with van der Waals surface area (Å²) in [6.45, 7) is 0. The molecule has 0 bridgehead atoms. The maximum atomic E-state index is 14.0. The number of ether oxygens (including phenoxy) is 1. The average molecular weight is 450 g/mol. The number of hydrogen-bond acceptors (Lipinski definition) is 4. The van der Waals surface area contributed by atoms with E-state index in [1.807, 2.05) is 0 Å². The molecule has 1 atom stereocenters. The molecule has 17 heteroatoms. The second-order valence-corrected chi connectivity index (χ2v) is 5.04. The van der Waals surface area contributed by atoms with Gasteiger partial charge in [0, 0.05) is 17.8 Å². The minimum Gasteiger partial charge on any atom is -0.321 e. The van der Waals surface area contributed by atoms with Crippen LogP contribution in [0.4, 0.5) is 59.7 Å². The van der Waals surface area contributed by atoms with Gasteiger partial charge in [-0.05, 0) is 12.1 Å². The average Bonchev–Trinajstić information content (AvgIpc) is 2.52. The molecule has 1 N–H and O–H groups in total. The summed E-state index contributed by atoms with van der Waals surface area (Å²) >= 11 is 0. The zero-order chi connectivity index (χ0) is 23.1. The summed E-state index contributed by atoms with van der Waals surface area (Å²) in [4.78, 5) is 20.8. The van der Waals surface area contributed by atoms with Crippen LogP contribution in [0.15, 0.2) is 24.3 Å². The highest BCUT2D eigenvalue weighted by atomic mass is 19.4. The number of alkyl halides is 11. The predicted octanol–water partition coefficient (Wildman–Crippen LogP) is 4.57. The molecule has 1 amide bonds. The molecule has 6 nitrogen and oxygen atoms in total. The molecule has 0 aliphatic carbocycles. The van der Waals surface area contributed by atoms with Crippen LogP contribution in [-0.2, 0) is 9.53 Å². The fraction of sp³-hybridized carbons (Fsp3) is 0.417. The van der Waals surface area contributed by atoms with Crippen molar-refractivity contribution in [2.45, 2.75) is 30.2 Å². The number of rotatable bonds is 6. The highest BCUT2D eigenvalue weighted by molar-refractivity contribution is 5.97. The quantitative estimate of drug-likeness (QED) is 0.391. The molecule has 0 saturated heterocycles. The van der Waals surface area contributed by atoms with Crippen molar-refractivity contribution in [2.24, 2.45) is 0 Å². The van der Waals surface area contributed by atoms with Gasteiger partial charge in [0.25, 0.3) is 11.6 Å². The number of hydrogen-bond donors (Lipinski definition) is 1. The van der Waals surface area contributed by atoms with Crippen molar-refractivity contribution in [1.29, 1.82) is 0 Å². The first-order valence-electron chi connectivity index (χ1n) is 6.60. The molecule has 164 valence electrons. The zero-order valence-electron chi connectivity index (χ0n) is 13.0. The molecule has 0 aliphatic rings. The van der Waals surface area contributed by atoms with Gasteiger partial charge in [0.15, 0.2) is 0 Å². The molecule has 0 spiro atoms. The van der Waals surface area contributed by atoms with Crippen LogP contribution < -0.4 is 5.32 Å². The normalized spacial score (nSPS) is 15.6. The number of halogens is 11. The standard InChI is InChI=1S/C12H5F11N2O4/c13-8(10(16,17)18,29-12(22,23)9(14,15)11(19,20)21)7(26)24-5-1-3-6(4-2-5)25(27)28/h1-4H,(H,24,26)/t8-/m1/s1. The smallest absolute Gasteiger partial charge is 0.321 e. The number of benzene rings is 1. The fourth-order valence-corrected chi connectivity index (χ4v) is 1.52. The first-order valence-corrected chi connectivity index (χ1v) is 6.60. The molecular formula is C12H5F11N2O4. The van der Waals surface area contributed by atoms with Gasteiger partial charge >= 0.3 is 30.2 Å². The number of nitrogens with zero attached hydrogens (tertiary/aromatic N) is 1. The number of nitro groups is 1. The van der Waals surface area contributed by atoms with E-state index in [0.717, 1.165) is 5.32 Å². The molecule has 1 aromatic carbocycles. The van der Waals surface area contributed by atoms with Crippen molar-refractivity contribution in [3.05, 3.63) is 34.4 Å². The van der Waals surface area contributed by atoms with E-state index >= 15 is 0 Å². The number of nitro benzene ring substituents is 1. The lowest BCUT2D eigenvalue weighted by atomic mass is 10.2. The number of nitrogens with one attached hydrogen (secondary N) is 1. The first-order chi connectivity index (χ1) is 12.8. The van der Waals surface area contributed by atoms with Crippen LogP contribution >= 0.6 is 0 Å². The van der Waals surface area contributed by atoms with Crippen LogP contribution in [0.3, 0.4) is 0 Å². The van der Waals surface area contributed by atoms with Gasteiger partial charge in [-0.15, -0.1) is 0 Å². The number of amides is 1. The van der Waals surface area contributed by atoms with Crippen molar-refractivity contribution < 1.29 is 62.7 Å². The van der Waals surface area contributed by atoms with Gasteiger partial charge in [-0.25, -0.2) is 0 Å². The predicted molar refractivity (Wildman–Crippen MR) is 68.7 cm³/mol. The van der Waals surface area contributed by atoms with Crippen LogP contribution in [-0.4, -0.2) is 41.1 Å². The van der Waals surface area contributed by atoms with Gasteiger partial charge in [0.2, 0.25) is 0 Å². The molecule has 1 rings (SSSR count). The molecule has 0 unspecified atom stereocenters. The van der Waals surface area contributed by atoms with Crippen molar-refractivity contribution in [3.8, 4) is 0 Å². The molecule has 29 heavy (non-hydrogen) atoms. The topological polar surface area (TPSA) is 81.5 Å². The van der Waals surface area contributed by atoms with Gasteiger partial charge < -0.3 is 5.32 Å². The third-order valence-electron chi connectivity index (χ3n) is 2.98. The van der Waals surface area contributed by atoms with E-state index in [4.69, 9.17) is 0 Å². The Morgan fingerprint density at radius 2 is 1.31 bits per heavy atom. The molecule has 0 aliphatic heterocycles. The lowest BCUT2D eigenvalue weighted by Crippen LogP contribution is -2.62. The van der Waals surface area contributed by atoms with Crippen molar-refractivity contribution in [1.82, 2.24) is 0 Å². The summed E-state index contributed by atoms with van der Waals surface area (Å²) in [5.74, 6) is -16.9. The third-order valence-corrected chi connectivity index (χ3v) is 2.98. The maximum absolute atomic E-state index is 14.0. The molecule has 0 radical (unpaired) electrons. The minimum absolute atomic E-state index is 0.481. The monoisotopic (exact) mass is 450 g/mol. The molecule has 0 aromatic heterocycles. The number of carbonyl (C=O) groups is 1. The third kappa shape index (κ3) is 4.65. The van der Waals surface area contributed by atoms with E-state index < -0.39 is 52.4 Å². The van der Waals surface area contributed by atoms with E-state index in [2.05, 4.69) is 4.74 Å². The molecule has 0 heterocycles. The van der Waals surface area contributed by atoms with Crippen LogP contribution in [0.2, 0.25) is 0 Å². The summed E-state index contributed by atoms with van der Waals surface area (Å²) in [6, 6.07) is 2.07. The fourth-order valence-electron chi connectivity index (χ4n) is 1.52. The van der Waals surface area contributed by atoms with E-state index in [1.165, 1.54) is 0 Å². The van der Waals surface area contributed by atoms with Gasteiger partial charge in [0.1, 0.15) is 0 Å². The minimum atomic E-state index is -7.31. The molecule has 0 saturated carbocycles. The van der Waals surface area contributed by atoms with E-state index in [-0.39, 0.29) is 0 Å². The van der Waals surface area contributed by atoms with Gasteiger partial charge in [-0.3, -0.25) is 19.6 Å². The molecule has 0 fully saturated rings. The van der Waals surface area contributed by atoms with E-state index in [9.17, 15) is 63.2 Å².